The van der Waals surface area contributed by atoms with Gasteiger partial charge in [0.05, 0.1) is 23.4 Å². The summed E-state index contributed by atoms with van der Waals surface area (Å²) >= 11 is 0. The highest BCUT2D eigenvalue weighted by Gasteiger charge is 2.35. The van der Waals surface area contributed by atoms with Crippen molar-refractivity contribution in [3.8, 4) is 0 Å². The Kier molecular flexibility index (Phi) is 6.07. The normalized spacial score (nSPS) is 19.5. The Morgan fingerprint density at radius 3 is 2.24 bits per heavy atom. The van der Waals surface area contributed by atoms with Crippen molar-refractivity contribution in [3.05, 3.63) is 41.0 Å². The second kappa shape index (κ2) is 8.56. The minimum Gasteiger partial charge on any atom is -0.478 e. The fourth-order valence-corrected chi connectivity index (χ4v) is 5.10. The number of benzene rings is 2. The molecule has 1 saturated carbocycles. The highest BCUT2D eigenvalue weighted by molar-refractivity contribution is 6.10. The summed E-state index contributed by atoms with van der Waals surface area (Å²) in [7, 11) is 0. The highest BCUT2D eigenvalue weighted by Crippen LogP contribution is 2.41. The predicted octanol–water partition coefficient (Wildman–Crippen LogP) is 6.59. The van der Waals surface area contributed by atoms with Gasteiger partial charge < -0.3 is 19.5 Å². The van der Waals surface area contributed by atoms with E-state index in [0.717, 1.165) is 31.7 Å². The van der Waals surface area contributed by atoms with E-state index in [2.05, 4.69) is 11.8 Å². The number of nitrogens with zero attached hydrogens (tertiary/aromatic N) is 1. The van der Waals surface area contributed by atoms with E-state index in [1.807, 2.05) is 13.8 Å². The van der Waals surface area contributed by atoms with Crippen LogP contribution >= 0.6 is 0 Å². The lowest BCUT2D eigenvalue weighted by atomic mass is 9.85. The van der Waals surface area contributed by atoms with E-state index in [1.54, 1.807) is 6.07 Å². The van der Waals surface area contributed by atoms with Gasteiger partial charge in [-0.05, 0) is 75.3 Å². The van der Waals surface area contributed by atoms with Gasteiger partial charge in [-0.15, -0.1) is 0 Å². The molecule has 1 fully saturated rings. The topological polar surface area (TPSA) is 73.9 Å². The summed E-state index contributed by atoms with van der Waals surface area (Å²) < 4.78 is 46.0. The number of hydrogen-bond donors (Lipinski definition) is 2. The van der Waals surface area contributed by atoms with E-state index < -0.39 is 24.3 Å². The van der Waals surface area contributed by atoms with E-state index in [-0.39, 0.29) is 34.4 Å². The summed E-state index contributed by atoms with van der Waals surface area (Å²) in [5.74, 6) is -0.483. The van der Waals surface area contributed by atoms with E-state index in [4.69, 9.17) is 4.42 Å². The van der Waals surface area contributed by atoms with Gasteiger partial charge in [0, 0.05) is 22.9 Å². The van der Waals surface area contributed by atoms with Crippen LogP contribution in [0.5, 0.6) is 0 Å². The van der Waals surface area contributed by atoms with Crippen molar-refractivity contribution in [2.24, 2.45) is 5.92 Å². The van der Waals surface area contributed by atoms with Crippen molar-refractivity contribution in [1.82, 2.24) is 0 Å². The lowest BCUT2D eigenvalue weighted by Crippen LogP contribution is -2.43. The van der Waals surface area contributed by atoms with Gasteiger partial charge in [-0.3, -0.25) is 0 Å². The summed E-state index contributed by atoms with van der Waals surface area (Å²) in [4.78, 5) is 14.3. The molecule has 0 amide bonds. The molecule has 0 spiro atoms. The Labute approximate surface area is 189 Å². The first kappa shape index (κ1) is 23.4. The van der Waals surface area contributed by atoms with Crippen LogP contribution in [0.2, 0.25) is 0 Å². The molecule has 1 heterocycles. The smallest absolute Gasteiger partial charge is 0.416 e. The molecule has 0 aliphatic heterocycles. The Balaban J connectivity index is 1.94. The molecule has 0 bridgehead atoms. The maximum Gasteiger partial charge on any atom is 0.416 e. The Morgan fingerprint density at radius 2 is 1.70 bits per heavy atom. The lowest BCUT2D eigenvalue weighted by Gasteiger charge is -2.41. The fraction of sp³-hybridized carbons (Fsp3) is 0.480. The lowest BCUT2D eigenvalue weighted by molar-refractivity contribution is -0.138. The third-order valence-electron chi connectivity index (χ3n) is 6.73. The van der Waals surface area contributed by atoms with Gasteiger partial charge in [0.1, 0.15) is 11.2 Å². The number of aromatic carboxylic acids is 1. The number of aliphatic hydroxyl groups is 1. The number of hydrogen-bond acceptors (Lipinski definition) is 4. The molecule has 0 atom stereocenters. The first-order valence-electron chi connectivity index (χ1n) is 11.2. The molecule has 4 rings (SSSR count). The third-order valence-corrected chi connectivity index (χ3v) is 6.73. The van der Waals surface area contributed by atoms with Gasteiger partial charge in [0.2, 0.25) is 0 Å². The minimum absolute atomic E-state index is 0.00519. The standard InChI is InChI=1S/C25H28F3NO4/c1-13(2)29(16-6-4-14(3)5-7-16)21-9-18-17-8-15(12-30)20(25(26,27)28)11-23(17)33-22(18)10-19(21)24(31)32/h8-11,13-14,16,30H,4-7,12H2,1-3H3,(H,31,32). The van der Waals surface area contributed by atoms with E-state index in [9.17, 15) is 28.2 Å². The Bertz CT molecular complexity index is 1190. The summed E-state index contributed by atoms with van der Waals surface area (Å²) in [5.41, 5.74) is -0.398. The maximum absolute atomic E-state index is 13.4. The molecule has 5 nitrogen and oxygen atoms in total. The zero-order chi connectivity index (χ0) is 24.1. The van der Waals surface area contributed by atoms with Gasteiger partial charge in [-0.2, -0.15) is 13.2 Å². The average molecular weight is 463 g/mol. The van der Waals surface area contributed by atoms with Crippen molar-refractivity contribution < 1.29 is 32.6 Å². The molecule has 178 valence electrons. The number of alkyl halides is 3. The summed E-state index contributed by atoms with van der Waals surface area (Å²) in [6.45, 7) is 5.48. The van der Waals surface area contributed by atoms with Gasteiger partial charge in [-0.1, -0.05) is 6.92 Å². The van der Waals surface area contributed by atoms with Crippen molar-refractivity contribution in [2.75, 3.05) is 4.90 Å². The van der Waals surface area contributed by atoms with Crippen molar-refractivity contribution >= 4 is 33.6 Å². The van der Waals surface area contributed by atoms with Crippen molar-refractivity contribution in [1.29, 1.82) is 0 Å². The van der Waals surface area contributed by atoms with Crippen molar-refractivity contribution in [2.45, 2.75) is 71.3 Å². The van der Waals surface area contributed by atoms with Crippen LogP contribution in [0.4, 0.5) is 18.9 Å². The van der Waals surface area contributed by atoms with E-state index in [0.29, 0.717) is 22.4 Å². The van der Waals surface area contributed by atoms with Crippen LogP contribution in [0, 0.1) is 5.92 Å². The SMILES string of the molecule is CC1CCC(N(c2cc3c(cc2C(=O)O)oc2cc(C(F)(F)F)c(CO)cc23)C(C)C)CC1. The van der Waals surface area contributed by atoms with Crippen LogP contribution in [0.25, 0.3) is 21.9 Å². The highest BCUT2D eigenvalue weighted by atomic mass is 19.4. The molecule has 0 radical (unpaired) electrons. The average Bonchev–Trinajstić information content (AvgIpc) is 3.09. The number of halogens is 3. The number of carboxylic acid groups (broad SMARTS) is 1. The minimum atomic E-state index is -4.64. The zero-order valence-electron chi connectivity index (χ0n) is 18.9. The van der Waals surface area contributed by atoms with Crippen LogP contribution in [0.3, 0.4) is 0 Å². The van der Waals surface area contributed by atoms with Crippen LogP contribution in [-0.2, 0) is 12.8 Å². The molecule has 0 unspecified atom stereocenters. The molecule has 1 aliphatic rings. The molecular formula is C25H28F3NO4. The number of furan rings is 1. The van der Waals surface area contributed by atoms with E-state index >= 15 is 0 Å². The fourth-order valence-electron chi connectivity index (χ4n) is 5.10. The van der Waals surface area contributed by atoms with Gasteiger partial charge in [-0.25, -0.2) is 4.79 Å². The zero-order valence-corrected chi connectivity index (χ0v) is 18.9. The molecule has 8 heteroatoms. The number of carboxylic acids is 1. The Hall–Kier alpha value is -2.74. The van der Waals surface area contributed by atoms with Gasteiger partial charge in [0.25, 0.3) is 0 Å². The molecule has 33 heavy (non-hydrogen) atoms. The number of anilines is 1. The maximum atomic E-state index is 13.4. The molecule has 2 N–H and O–H groups in total. The first-order chi connectivity index (χ1) is 15.5. The molecule has 2 aromatic carbocycles. The number of carbonyl (C=O) groups is 1. The molecular weight excluding hydrogens is 435 g/mol. The monoisotopic (exact) mass is 463 g/mol. The molecule has 1 aromatic heterocycles. The van der Waals surface area contributed by atoms with Gasteiger partial charge >= 0.3 is 12.1 Å². The number of aliphatic hydroxyl groups excluding tert-OH is 1. The predicted molar refractivity (Wildman–Crippen MR) is 121 cm³/mol. The first-order valence-corrected chi connectivity index (χ1v) is 11.2. The Morgan fingerprint density at radius 1 is 1.09 bits per heavy atom. The quantitative estimate of drug-likeness (QED) is 0.447. The number of rotatable bonds is 5. The largest absolute Gasteiger partial charge is 0.478 e. The van der Waals surface area contributed by atoms with Crippen molar-refractivity contribution in [3.63, 3.8) is 0 Å². The van der Waals surface area contributed by atoms with Crippen LogP contribution in [0.15, 0.2) is 28.7 Å². The third kappa shape index (κ3) is 4.28. The molecule has 1 aliphatic carbocycles. The number of fused-ring (bicyclic) bond motifs is 3. The molecule has 3 aromatic rings. The molecule has 0 saturated heterocycles. The second-order valence-electron chi connectivity index (χ2n) is 9.35. The summed E-state index contributed by atoms with van der Waals surface area (Å²) in [5, 5.41) is 20.5. The van der Waals surface area contributed by atoms with Crippen LogP contribution in [-0.4, -0.2) is 28.3 Å². The van der Waals surface area contributed by atoms with E-state index in [1.165, 1.54) is 12.1 Å². The summed E-state index contributed by atoms with van der Waals surface area (Å²) in [6, 6.07) is 5.50. The van der Waals surface area contributed by atoms with Crippen LogP contribution < -0.4 is 4.90 Å². The van der Waals surface area contributed by atoms with Crippen LogP contribution in [0.1, 0.15) is 67.9 Å². The second-order valence-corrected chi connectivity index (χ2v) is 9.35. The van der Waals surface area contributed by atoms with Gasteiger partial charge in [0.15, 0.2) is 0 Å². The summed E-state index contributed by atoms with van der Waals surface area (Å²) in [6.07, 6.45) is -0.617.